The molecule has 1 aliphatic heterocycles. The van der Waals surface area contributed by atoms with Crippen molar-refractivity contribution in [2.45, 2.75) is 30.6 Å². The molecule has 2 heterocycles. The van der Waals surface area contributed by atoms with Crippen LogP contribution in [0.2, 0.25) is 10.2 Å². The smallest absolute Gasteiger partial charge is 0.275 e. The number of hydrogen-bond acceptors (Lipinski definition) is 5. The normalized spacial score (nSPS) is 14.7. The van der Waals surface area contributed by atoms with Gasteiger partial charge in [-0.05, 0) is 49.2 Å². The molecular weight excluding hydrogens is 423 g/mol. The van der Waals surface area contributed by atoms with Crippen molar-refractivity contribution < 1.29 is 13.2 Å². The van der Waals surface area contributed by atoms with Crippen molar-refractivity contribution >= 4 is 50.7 Å². The summed E-state index contributed by atoms with van der Waals surface area (Å²) in [6, 6.07) is 8.74. The third-order valence-electron chi connectivity index (χ3n) is 4.08. The van der Waals surface area contributed by atoms with Crippen LogP contribution in [0.15, 0.2) is 46.3 Å². The van der Waals surface area contributed by atoms with Crippen molar-refractivity contribution in [3.8, 4) is 0 Å². The lowest BCUT2D eigenvalue weighted by molar-refractivity contribution is 0.102. The van der Waals surface area contributed by atoms with E-state index in [2.05, 4.69) is 20.0 Å². The zero-order valence-corrected chi connectivity index (χ0v) is 17.1. The van der Waals surface area contributed by atoms with Crippen LogP contribution in [0.5, 0.6) is 0 Å². The van der Waals surface area contributed by atoms with Gasteiger partial charge < -0.3 is 5.32 Å². The number of anilines is 1. The molecule has 10 heteroatoms. The third-order valence-corrected chi connectivity index (χ3v) is 5.99. The predicted octanol–water partition coefficient (Wildman–Crippen LogP) is 3.89. The van der Waals surface area contributed by atoms with Gasteiger partial charge in [0.15, 0.2) is 0 Å². The Kier molecular flexibility index (Phi) is 6.53. The van der Waals surface area contributed by atoms with Crippen molar-refractivity contribution in [1.82, 2.24) is 9.71 Å². The number of sulfonamides is 1. The average Bonchev–Trinajstić information content (AvgIpc) is 2.92. The molecule has 1 aromatic heterocycles. The van der Waals surface area contributed by atoms with Crippen LogP contribution in [-0.4, -0.2) is 31.7 Å². The number of amidine groups is 1. The molecule has 0 saturated carbocycles. The number of pyridine rings is 1. The van der Waals surface area contributed by atoms with Gasteiger partial charge in [0.05, 0.1) is 9.92 Å². The number of halogens is 2. The molecule has 28 heavy (non-hydrogen) atoms. The molecule has 0 fully saturated rings. The molecule has 0 spiro atoms. The highest BCUT2D eigenvalue weighted by Gasteiger charge is 2.18. The summed E-state index contributed by atoms with van der Waals surface area (Å²) in [6.07, 6.45) is 3.52. The van der Waals surface area contributed by atoms with E-state index >= 15 is 0 Å². The summed E-state index contributed by atoms with van der Waals surface area (Å²) in [7, 11) is -3.73. The molecule has 2 N–H and O–H groups in total. The Labute approximate surface area is 173 Å². The fourth-order valence-corrected chi connectivity index (χ4v) is 4.08. The maximum absolute atomic E-state index is 12.5. The summed E-state index contributed by atoms with van der Waals surface area (Å²) in [6.45, 7) is 0.628. The van der Waals surface area contributed by atoms with Crippen molar-refractivity contribution in [3.63, 3.8) is 0 Å². The van der Waals surface area contributed by atoms with Crippen LogP contribution in [0.25, 0.3) is 0 Å². The molecular formula is C18H18Cl2N4O3S. The minimum Gasteiger partial charge on any atom is -0.321 e. The van der Waals surface area contributed by atoms with Crippen LogP contribution >= 0.6 is 23.2 Å². The number of benzene rings is 1. The molecule has 0 saturated heterocycles. The number of rotatable bonds is 4. The Balaban J connectivity index is 1.71. The zero-order chi connectivity index (χ0) is 20.1. The van der Waals surface area contributed by atoms with E-state index in [0.29, 0.717) is 24.5 Å². The monoisotopic (exact) mass is 440 g/mol. The van der Waals surface area contributed by atoms with E-state index in [9.17, 15) is 13.2 Å². The molecule has 1 amide bonds. The number of carbonyl (C=O) groups is 1. The van der Waals surface area contributed by atoms with Gasteiger partial charge in [-0.25, -0.2) is 13.4 Å². The number of nitrogens with one attached hydrogen (secondary N) is 2. The maximum atomic E-state index is 12.5. The first-order valence-corrected chi connectivity index (χ1v) is 10.9. The highest BCUT2D eigenvalue weighted by molar-refractivity contribution is 7.90. The molecule has 1 aliphatic rings. The summed E-state index contributed by atoms with van der Waals surface area (Å²) in [5.74, 6) is -0.0643. The molecule has 7 nitrogen and oxygen atoms in total. The lowest BCUT2D eigenvalue weighted by Gasteiger charge is -2.11. The molecule has 0 radical (unpaired) electrons. The molecule has 2 aromatic rings. The van der Waals surface area contributed by atoms with Crippen LogP contribution in [-0.2, 0) is 10.0 Å². The molecule has 0 atom stereocenters. The largest absolute Gasteiger partial charge is 0.321 e. The second-order valence-electron chi connectivity index (χ2n) is 6.19. The van der Waals surface area contributed by atoms with Gasteiger partial charge in [-0.2, -0.15) is 0 Å². The van der Waals surface area contributed by atoms with Crippen LogP contribution < -0.4 is 10.0 Å². The fourth-order valence-electron chi connectivity index (χ4n) is 2.66. The van der Waals surface area contributed by atoms with Crippen LogP contribution in [0, 0.1) is 0 Å². The SMILES string of the molecule is O=C(Nc1ccc(S(=O)(=O)NC2=NCCCCC2)cc1)c1nc(Cl)ccc1Cl. The lowest BCUT2D eigenvalue weighted by Crippen LogP contribution is -2.30. The lowest BCUT2D eigenvalue weighted by atomic mass is 10.2. The van der Waals surface area contributed by atoms with E-state index in [1.807, 2.05) is 0 Å². The van der Waals surface area contributed by atoms with Gasteiger partial charge in [-0.3, -0.25) is 14.5 Å². The Morgan fingerprint density at radius 2 is 1.75 bits per heavy atom. The van der Waals surface area contributed by atoms with Gasteiger partial charge in [0.1, 0.15) is 16.7 Å². The molecule has 1 aromatic carbocycles. The Morgan fingerprint density at radius 3 is 2.50 bits per heavy atom. The van der Waals surface area contributed by atoms with Gasteiger partial charge in [-0.15, -0.1) is 0 Å². The summed E-state index contributed by atoms with van der Waals surface area (Å²) in [5, 5.41) is 2.91. The van der Waals surface area contributed by atoms with Gasteiger partial charge in [-0.1, -0.05) is 29.6 Å². The van der Waals surface area contributed by atoms with Gasteiger partial charge in [0.25, 0.3) is 15.9 Å². The Bertz CT molecular complexity index is 1010. The van der Waals surface area contributed by atoms with Crippen LogP contribution in [0.4, 0.5) is 5.69 Å². The summed E-state index contributed by atoms with van der Waals surface area (Å²) >= 11 is 11.8. The fraction of sp³-hybridized carbons (Fsp3) is 0.278. The molecule has 0 aliphatic carbocycles. The first-order chi connectivity index (χ1) is 13.3. The van der Waals surface area contributed by atoms with Crippen LogP contribution in [0.3, 0.4) is 0 Å². The average molecular weight is 441 g/mol. The number of aromatic nitrogens is 1. The molecule has 0 bridgehead atoms. The quantitative estimate of drug-likeness (QED) is 0.703. The number of aliphatic imine (C=N–C) groups is 1. The zero-order valence-electron chi connectivity index (χ0n) is 14.8. The number of hydrogen-bond donors (Lipinski definition) is 2. The predicted molar refractivity (Wildman–Crippen MR) is 110 cm³/mol. The second kappa shape index (κ2) is 8.89. The molecule has 148 valence electrons. The van der Waals surface area contributed by atoms with Crippen molar-refractivity contribution in [2.75, 3.05) is 11.9 Å². The van der Waals surface area contributed by atoms with E-state index < -0.39 is 15.9 Å². The minimum absolute atomic E-state index is 0.0149. The number of amides is 1. The first-order valence-electron chi connectivity index (χ1n) is 8.65. The highest BCUT2D eigenvalue weighted by atomic mass is 35.5. The summed E-state index contributed by atoms with van der Waals surface area (Å²) in [4.78, 5) is 20.6. The van der Waals surface area contributed by atoms with E-state index in [0.717, 1.165) is 19.3 Å². The number of nitrogens with zero attached hydrogens (tertiary/aromatic N) is 2. The van der Waals surface area contributed by atoms with Crippen molar-refractivity contribution in [2.24, 2.45) is 4.99 Å². The van der Waals surface area contributed by atoms with E-state index in [1.54, 1.807) is 0 Å². The Morgan fingerprint density at radius 1 is 1.00 bits per heavy atom. The molecule has 0 unspecified atom stereocenters. The standard InChI is InChI=1S/C18H18Cl2N4O3S/c19-14-9-10-15(20)23-17(14)18(25)22-12-5-7-13(8-6-12)28(26,27)24-16-4-2-1-3-11-21-16/h5-10H,1-4,11H2,(H,21,24)(H,22,25). The molecule has 3 rings (SSSR count). The van der Waals surface area contributed by atoms with Crippen molar-refractivity contribution in [1.29, 1.82) is 0 Å². The Hall–Kier alpha value is -2.16. The minimum atomic E-state index is -3.73. The van der Waals surface area contributed by atoms with Crippen molar-refractivity contribution in [3.05, 3.63) is 52.3 Å². The third kappa shape index (κ3) is 5.21. The van der Waals surface area contributed by atoms with Gasteiger partial charge in [0.2, 0.25) is 0 Å². The van der Waals surface area contributed by atoms with Gasteiger partial charge in [0, 0.05) is 18.7 Å². The summed E-state index contributed by atoms with van der Waals surface area (Å²) < 4.78 is 27.6. The summed E-state index contributed by atoms with van der Waals surface area (Å²) in [5.41, 5.74) is 0.382. The maximum Gasteiger partial charge on any atom is 0.275 e. The van der Waals surface area contributed by atoms with E-state index in [4.69, 9.17) is 23.2 Å². The highest BCUT2D eigenvalue weighted by Crippen LogP contribution is 2.20. The van der Waals surface area contributed by atoms with Crippen LogP contribution in [0.1, 0.15) is 36.2 Å². The topological polar surface area (TPSA) is 101 Å². The first kappa shape index (κ1) is 20.6. The van der Waals surface area contributed by atoms with E-state index in [1.165, 1.54) is 36.4 Å². The second-order valence-corrected chi connectivity index (χ2v) is 8.66. The van der Waals surface area contributed by atoms with E-state index in [-0.39, 0.29) is 20.8 Å². The van der Waals surface area contributed by atoms with Gasteiger partial charge >= 0.3 is 0 Å². The number of carbonyl (C=O) groups excluding carboxylic acids is 1.